The fourth-order valence-electron chi connectivity index (χ4n) is 4.84. The smallest absolute Gasteiger partial charge is 0.264 e. The molecule has 1 N–H and O–H groups in total. The number of amides is 2. The third kappa shape index (κ3) is 8.92. The minimum absolute atomic E-state index is 0.00940. The number of nitrogens with one attached hydrogen (secondary N) is 1. The molecule has 0 spiro atoms. The quantitative estimate of drug-likeness (QED) is 0.196. The van der Waals surface area contributed by atoms with Gasteiger partial charge in [-0.2, -0.15) is 0 Å². The predicted molar refractivity (Wildman–Crippen MR) is 173 cm³/mol. The van der Waals surface area contributed by atoms with Crippen LogP contribution in [0.2, 0.25) is 0 Å². The Morgan fingerprint density at radius 2 is 1.42 bits per heavy atom. The molecule has 0 unspecified atom stereocenters. The van der Waals surface area contributed by atoms with Gasteiger partial charge >= 0.3 is 0 Å². The molecule has 45 heavy (non-hydrogen) atoms. The summed E-state index contributed by atoms with van der Waals surface area (Å²) in [6.07, 6.45) is 0.181. The van der Waals surface area contributed by atoms with Gasteiger partial charge in [0.2, 0.25) is 11.8 Å². The van der Waals surface area contributed by atoms with Crippen LogP contribution in [0.1, 0.15) is 31.9 Å². The van der Waals surface area contributed by atoms with Crippen LogP contribution in [0, 0.1) is 5.82 Å². The van der Waals surface area contributed by atoms with Crippen molar-refractivity contribution in [2.24, 2.45) is 0 Å². The molecule has 0 saturated carbocycles. The third-order valence-corrected chi connectivity index (χ3v) is 8.80. The molecule has 8 nitrogen and oxygen atoms in total. The Kier molecular flexibility index (Phi) is 11.3. The van der Waals surface area contributed by atoms with Crippen molar-refractivity contribution < 1.29 is 27.1 Å². The van der Waals surface area contributed by atoms with E-state index >= 15 is 0 Å². The second kappa shape index (κ2) is 15.3. The lowest BCUT2D eigenvalue weighted by atomic mass is 10.0. The highest BCUT2D eigenvalue weighted by molar-refractivity contribution is 7.92. The number of anilines is 1. The van der Waals surface area contributed by atoms with Gasteiger partial charge in [-0.25, -0.2) is 12.8 Å². The average molecular weight is 632 g/mol. The van der Waals surface area contributed by atoms with Gasteiger partial charge in [-0.3, -0.25) is 13.9 Å². The average Bonchev–Trinajstić information content (AvgIpc) is 3.03. The predicted octanol–water partition coefficient (Wildman–Crippen LogP) is 5.58. The zero-order valence-corrected chi connectivity index (χ0v) is 26.4. The monoisotopic (exact) mass is 631 g/mol. The number of halogens is 1. The minimum atomic E-state index is -4.22. The zero-order valence-electron chi connectivity index (χ0n) is 25.6. The Morgan fingerprint density at radius 1 is 0.822 bits per heavy atom. The maximum Gasteiger partial charge on any atom is 0.264 e. The molecule has 0 fully saturated rings. The summed E-state index contributed by atoms with van der Waals surface area (Å²) in [6, 6.07) is 28.0. The standard InChI is InChI=1S/C35H38FN3O5S/c1-4-44-31-21-19-30(20-22-31)39(45(42,43)32-13-9-6-10-14-32)25-34(40)38(24-28-15-17-29(36)18-16-28)33(35(41)37-26(2)3)23-27-11-7-5-8-12-27/h5-22,26,33H,4,23-25H2,1-3H3,(H,37,41)/t33-/m1/s1. The molecule has 1 atom stereocenters. The van der Waals surface area contributed by atoms with Crippen LogP contribution in [0.3, 0.4) is 0 Å². The van der Waals surface area contributed by atoms with Crippen molar-refractivity contribution in [1.82, 2.24) is 10.2 Å². The van der Waals surface area contributed by atoms with Crippen molar-refractivity contribution >= 4 is 27.5 Å². The van der Waals surface area contributed by atoms with Gasteiger partial charge in [0, 0.05) is 19.0 Å². The van der Waals surface area contributed by atoms with Crippen LogP contribution in [0.4, 0.5) is 10.1 Å². The van der Waals surface area contributed by atoms with E-state index in [1.807, 2.05) is 51.1 Å². The van der Waals surface area contributed by atoms with E-state index < -0.39 is 34.3 Å². The van der Waals surface area contributed by atoms with E-state index in [0.29, 0.717) is 17.9 Å². The first-order valence-corrected chi connectivity index (χ1v) is 16.2. The number of sulfonamides is 1. The highest BCUT2D eigenvalue weighted by Gasteiger charge is 2.34. The number of hydrogen-bond donors (Lipinski definition) is 1. The summed E-state index contributed by atoms with van der Waals surface area (Å²) in [4.78, 5) is 29.5. The first-order valence-electron chi connectivity index (χ1n) is 14.8. The van der Waals surface area contributed by atoms with E-state index in [1.54, 1.807) is 54.6 Å². The SMILES string of the molecule is CCOc1ccc(N(CC(=O)N(Cc2ccc(F)cc2)[C@H](Cc2ccccc2)C(=O)NC(C)C)S(=O)(=O)c2ccccc2)cc1. The zero-order chi connectivity index (χ0) is 32.4. The number of rotatable bonds is 14. The van der Waals surface area contributed by atoms with Gasteiger partial charge in [0.25, 0.3) is 10.0 Å². The van der Waals surface area contributed by atoms with Gasteiger partial charge in [0.1, 0.15) is 24.2 Å². The highest BCUT2D eigenvalue weighted by Crippen LogP contribution is 2.27. The molecular weight excluding hydrogens is 593 g/mol. The maximum atomic E-state index is 14.4. The van der Waals surface area contributed by atoms with Crippen LogP contribution < -0.4 is 14.4 Å². The highest BCUT2D eigenvalue weighted by atomic mass is 32.2. The molecular formula is C35H38FN3O5S. The summed E-state index contributed by atoms with van der Waals surface area (Å²) >= 11 is 0. The Bertz CT molecular complexity index is 1650. The number of hydrogen-bond acceptors (Lipinski definition) is 5. The summed E-state index contributed by atoms with van der Waals surface area (Å²) in [5.74, 6) is -0.878. The van der Waals surface area contributed by atoms with E-state index in [0.717, 1.165) is 9.87 Å². The normalized spacial score (nSPS) is 11.9. The van der Waals surface area contributed by atoms with Gasteiger partial charge in [0.15, 0.2) is 0 Å². The lowest BCUT2D eigenvalue weighted by molar-refractivity contribution is -0.140. The Morgan fingerprint density at radius 3 is 2.00 bits per heavy atom. The number of carbonyl (C=O) groups is 2. The van der Waals surface area contributed by atoms with Crippen LogP contribution in [-0.2, 0) is 32.6 Å². The second-order valence-corrected chi connectivity index (χ2v) is 12.6. The van der Waals surface area contributed by atoms with Crippen molar-refractivity contribution in [1.29, 1.82) is 0 Å². The van der Waals surface area contributed by atoms with Crippen LogP contribution >= 0.6 is 0 Å². The summed E-state index contributed by atoms with van der Waals surface area (Å²) in [7, 11) is -4.22. The van der Waals surface area contributed by atoms with Crippen LogP contribution in [-0.4, -0.2) is 50.4 Å². The van der Waals surface area contributed by atoms with Crippen molar-refractivity contribution in [2.45, 2.75) is 50.7 Å². The molecule has 236 valence electrons. The molecule has 4 rings (SSSR count). The lowest BCUT2D eigenvalue weighted by Gasteiger charge is -2.34. The number of carbonyl (C=O) groups excluding carboxylic acids is 2. The topological polar surface area (TPSA) is 96.0 Å². The van der Waals surface area contributed by atoms with E-state index in [4.69, 9.17) is 4.74 Å². The van der Waals surface area contributed by atoms with Gasteiger partial charge in [0.05, 0.1) is 17.2 Å². The number of nitrogens with zero attached hydrogens (tertiary/aromatic N) is 2. The maximum absolute atomic E-state index is 14.4. The summed E-state index contributed by atoms with van der Waals surface area (Å²) in [6.45, 7) is 5.28. The molecule has 0 saturated heterocycles. The Balaban J connectivity index is 1.79. The molecule has 10 heteroatoms. The van der Waals surface area contributed by atoms with E-state index in [9.17, 15) is 22.4 Å². The van der Waals surface area contributed by atoms with Crippen molar-refractivity contribution in [3.63, 3.8) is 0 Å². The second-order valence-electron chi connectivity index (χ2n) is 10.8. The molecule has 0 aliphatic carbocycles. The van der Waals surface area contributed by atoms with Crippen molar-refractivity contribution in [2.75, 3.05) is 17.5 Å². The molecule has 4 aromatic carbocycles. The van der Waals surface area contributed by atoms with Gasteiger partial charge in [-0.05, 0) is 80.4 Å². The van der Waals surface area contributed by atoms with Crippen LogP contribution in [0.25, 0.3) is 0 Å². The van der Waals surface area contributed by atoms with E-state index in [-0.39, 0.29) is 35.5 Å². The number of benzene rings is 4. The largest absolute Gasteiger partial charge is 0.494 e. The minimum Gasteiger partial charge on any atom is -0.494 e. The fourth-order valence-corrected chi connectivity index (χ4v) is 6.28. The fraction of sp³-hybridized carbons (Fsp3) is 0.257. The van der Waals surface area contributed by atoms with Gasteiger partial charge in [-0.1, -0.05) is 60.7 Å². The first kappa shape index (κ1) is 33.2. The third-order valence-electron chi connectivity index (χ3n) is 7.01. The molecule has 0 radical (unpaired) electrons. The molecule has 0 aromatic heterocycles. The number of ether oxygens (including phenoxy) is 1. The van der Waals surface area contributed by atoms with Crippen molar-refractivity contribution in [3.8, 4) is 5.75 Å². The van der Waals surface area contributed by atoms with Crippen molar-refractivity contribution in [3.05, 3.63) is 126 Å². The first-order chi connectivity index (χ1) is 21.6. The van der Waals surface area contributed by atoms with Gasteiger partial charge in [-0.15, -0.1) is 0 Å². The van der Waals surface area contributed by atoms with E-state index in [1.165, 1.54) is 29.2 Å². The summed E-state index contributed by atoms with van der Waals surface area (Å²) < 4.78 is 48.5. The summed E-state index contributed by atoms with van der Waals surface area (Å²) in [5, 5.41) is 2.91. The Hall–Kier alpha value is -4.70. The Labute approximate surface area is 264 Å². The van der Waals surface area contributed by atoms with Gasteiger partial charge < -0.3 is 15.0 Å². The molecule has 2 amide bonds. The molecule has 0 aliphatic heterocycles. The van der Waals surface area contributed by atoms with Crippen LogP contribution in [0.15, 0.2) is 114 Å². The molecule has 0 aliphatic rings. The molecule has 4 aromatic rings. The molecule has 0 bridgehead atoms. The van der Waals surface area contributed by atoms with Crippen LogP contribution in [0.5, 0.6) is 5.75 Å². The lowest BCUT2D eigenvalue weighted by Crippen LogP contribution is -2.54. The molecule has 0 heterocycles. The van der Waals surface area contributed by atoms with E-state index in [2.05, 4.69) is 5.32 Å². The summed E-state index contributed by atoms with van der Waals surface area (Å²) in [5.41, 5.74) is 1.65.